The van der Waals surface area contributed by atoms with Gasteiger partial charge in [0.1, 0.15) is 5.54 Å². The molecule has 0 bridgehead atoms. The minimum atomic E-state index is -0.566. The second-order valence-electron chi connectivity index (χ2n) is 9.24. The Balaban J connectivity index is 1.49. The molecular weight excluding hydrogens is 430 g/mol. The van der Waals surface area contributed by atoms with Crippen LogP contribution in [0.1, 0.15) is 88.6 Å². The molecule has 0 saturated heterocycles. The lowest BCUT2D eigenvalue weighted by Crippen LogP contribution is -2.45. The van der Waals surface area contributed by atoms with Gasteiger partial charge in [0.05, 0.1) is 0 Å². The van der Waals surface area contributed by atoms with Crippen molar-refractivity contribution >= 4 is 11.8 Å². The van der Waals surface area contributed by atoms with E-state index in [4.69, 9.17) is 4.52 Å². The standard InChI is InChI=1S/C26H39N5O3/c1-4-31(5-2)19-22-12-10-21(11-13-22)18-27-23(33)14-15-24-28-25(30-34-24)26(29-20(3)32)16-8-6-7-9-17-26/h10-13H,4-9,14-19H2,1-3H3,(H,27,33)(H,29,32). The maximum Gasteiger partial charge on any atom is 0.227 e. The minimum absolute atomic E-state index is 0.0574. The van der Waals surface area contributed by atoms with Crippen LogP contribution in [-0.2, 0) is 34.6 Å². The fourth-order valence-electron chi connectivity index (χ4n) is 4.60. The molecule has 0 radical (unpaired) electrons. The molecule has 3 rings (SSSR count). The first-order chi connectivity index (χ1) is 16.4. The van der Waals surface area contributed by atoms with Crippen molar-refractivity contribution in [2.24, 2.45) is 0 Å². The normalized spacial score (nSPS) is 15.6. The first kappa shape index (κ1) is 25.9. The molecule has 1 aromatic heterocycles. The third-order valence-electron chi connectivity index (χ3n) is 6.65. The maximum atomic E-state index is 12.4. The Hall–Kier alpha value is -2.74. The zero-order valence-corrected chi connectivity index (χ0v) is 20.9. The predicted molar refractivity (Wildman–Crippen MR) is 131 cm³/mol. The molecule has 1 fully saturated rings. The van der Waals surface area contributed by atoms with Crippen LogP contribution in [0.3, 0.4) is 0 Å². The molecule has 0 spiro atoms. The molecular formula is C26H39N5O3. The molecule has 0 aliphatic heterocycles. The SMILES string of the molecule is CCN(CC)Cc1ccc(CNC(=O)CCc2nc(C3(NC(C)=O)CCCCCC3)no2)cc1. The molecule has 0 unspecified atom stereocenters. The van der Waals surface area contributed by atoms with Gasteiger partial charge in [-0.3, -0.25) is 14.5 Å². The van der Waals surface area contributed by atoms with Crippen molar-refractivity contribution in [1.29, 1.82) is 0 Å². The van der Waals surface area contributed by atoms with Crippen LogP contribution in [-0.4, -0.2) is 39.9 Å². The largest absolute Gasteiger partial charge is 0.352 e. The van der Waals surface area contributed by atoms with Gasteiger partial charge in [-0.15, -0.1) is 0 Å². The van der Waals surface area contributed by atoms with Crippen LogP contribution in [0.5, 0.6) is 0 Å². The topological polar surface area (TPSA) is 100 Å². The zero-order chi connectivity index (χ0) is 24.4. The molecule has 1 heterocycles. The van der Waals surface area contributed by atoms with Crippen LogP contribution >= 0.6 is 0 Å². The van der Waals surface area contributed by atoms with Crippen LogP contribution in [0, 0.1) is 0 Å². The van der Waals surface area contributed by atoms with Crippen LogP contribution in [0.25, 0.3) is 0 Å². The monoisotopic (exact) mass is 469 g/mol. The molecule has 186 valence electrons. The second kappa shape index (κ2) is 12.6. The summed E-state index contributed by atoms with van der Waals surface area (Å²) < 4.78 is 5.45. The van der Waals surface area contributed by atoms with E-state index >= 15 is 0 Å². The number of aryl methyl sites for hydroxylation is 1. The summed E-state index contributed by atoms with van der Waals surface area (Å²) in [4.78, 5) is 31.2. The number of hydrogen-bond donors (Lipinski definition) is 2. The molecule has 0 atom stereocenters. The fraction of sp³-hybridized carbons (Fsp3) is 0.615. The molecule has 2 aromatic rings. The van der Waals surface area contributed by atoms with Crippen LogP contribution < -0.4 is 10.6 Å². The summed E-state index contributed by atoms with van der Waals surface area (Å²) in [6, 6.07) is 8.38. The third-order valence-corrected chi connectivity index (χ3v) is 6.65. The van der Waals surface area contributed by atoms with Crippen molar-refractivity contribution in [3.05, 3.63) is 47.1 Å². The lowest BCUT2D eigenvalue weighted by atomic mass is 9.89. The van der Waals surface area contributed by atoms with Crippen molar-refractivity contribution in [2.45, 2.75) is 90.8 Å². The number of nitrogens with zero attached hydrogens (tertiary/aromatic N) is 3. The van der Waals surface area contributed by atoms with Gasteiger partial charge in [-0.1, -0.05) is 69.0 Å². The lowest BCUT2D eigenvalue weighted by molar-refractivity contribution is -0.122. The van der Waals surface area contributed by atoms with E-state index in [1.54, 1.807) is 0 Å². The Labute approximate surface area is 202 Å². The summed E-state index contributed by atoms with van der Waals surface area (Å²) in [6.45, 7) is 9.35. The number of aromatic nitrogens is 2. The van der Waals surface area contributed by atoms with Gasteiger partial charge in [0.15, 0.2) is 5.82 Å². The second-order valence-corrected chi connectivity index (χ2v) is 9.24. The molecule has 8 heteroatoms. The number of benzene rings is 1. The van der Waals surface area contributed by atoms with Crippen molar-refractivity contribution in [2.75, 3.05) is 13.1 Å². The highest BCUT2D eigenvalue weighted by atomic mass is 16.5. The maximum absolute atomic E-state index is 12.4. The molecule has 2 N–H and O–H groups in total. The Bertz CT molecular complexity index is 913. The summed E-state index contributed by atoms with van der Waals surface area (Å²) in [7, 11) is 0. The summed E-state index contributed by atoms with van der Waals surface area (Å²) in [5.41, 5.74) is 1.78. The number of carbonyl (C=O) groups excluding carboxylic acids is 2. The average Bonchev–Trinajstić information content (AvgIpc) is 3.20. The van der Waals surface area contributed by atoms with Gasteiger partial charge in [0.25, 0.3) is 0 Å². The highest BCUT2D eigenvalue weighted by Gasteiger charge is 2.38. The Morgan fingerprint density at radius 3 is 2.29 bits per heavy atom. The number of rotatable bonds is 11. The van der Waals surface area contributed by atoms with Gasteiger partial charge >= 0.3 is 0 Å². The van der Waals surface area contributed by atoms with Crippen molar-refractivity contribution in [1.82, 2.24) is 25.7 Å². The van der Waals surface area contributed by atoms with Gasteiger partial charge in [0, 0.05) is 32.9 Å². The molecule has 1 aromatic carbocycles. The first-order valence-electron chi connectivity index (χ1n) is 12.6. The van der Waals surface area contributed by atoms with Crippen molar-refractivity contribution < 1.29 is 14.1 Å². The van der Waals surface area contributed by atoms with Crippen LogP contribution in [0.4, 0.5) is 0 Å². The highest BCUT2D eigenvalue weighted by molar-refractivity contribution is 5.76. The van der Waals surface area contributed by atoms with Gasteiger partial charge in [-0.25, -0.2) is 0 Å². The molecule has 1 aliphatic carbocycles. The summed E-state index contributed by atoms with van der Waals surface area (Å²) in [5, 5.41) is 10.2. The van der Waals surface area contributed by atoms with Gasteiger partial charge < -0.3 is 15.2 Å². The quantitative estimate of drug-likeness (QED) is 0.485. The predicted octanol–water partition coefficient (Wildman–Crippen LogP) is 3.85. The Kier molecular flexibility index (Phi) is 9.62. The van der Waals surface area contributed by atoms with Crippen molar-refractivity contribution in [3.63, 3.8) is 0 Å². The van der Waals surface area contributed by atoms with E-state index in [1.807, 2.05) is 0 Å². The van der Waals surface area contributed by atoms with E-state index in [-0.39, 0.29) is 18.2 Å². The summed E-state index contributed by atoms with van der Waals surface area (Å²) in [5.74, 6) is 0.816. The number of hydrogen-bond acceptors (Lipinski definition) is 6. The van der Waals surface area contributed by atoms with Gasteiger partial charge in [-0.2, -0.15) is 4.98 Å². The van der Waals surface area contributed by atoms with E-state index in [0.717, 1.165) is 63.7 Å². The fourth-order valence-corrected chi connectivity index (χ4v) is 4.60. The number of carbonyl (C=O) groups is 2. The highest BCUT2D eigenvalue weighted by Crippen LogP contribution is 2.34. The summed E-state index contributed by atoms with van der Waals surface area (Å²) in [6.07, 6.45) is 6.58. The average molecular weight is 470 g/mol. The Morgan fingerprint density at radius 2 is 1.68 bits per heavy atom. The smallest absolute Gasteiger partial charge is 0.227 e. The molecule has 34 heavy (non-hydrogen) atoms. The van der Waals surface area contributed by atoms with Gasteiger partial charge in [-0.05, 0) is 37.1 Å². The van der Waals surface area contributed by atoms with Crippen LogP contribution in [0.15, 0.2) is 28.8 Å². The molecule has 8 nitrogen and oxygen atoms in total. The molecule has 1 saturated carbocycles. The lowest BCUT2D eigenvalue weighted by Gasteiger charge is -2.30. The summed E-state index contributed by atoms with van der Waals surface area (Å²) >= 11 is 0. The number of amides is 2. The van der Waals surface area contributed by atoms with E-state index in [1.165, 1.54) is 12.5 Å². The van der Waals surface area contributed by atoms with Crippen LogP contribution in [0.2, 0.25) is 0 Å². The Morgan fingerprint density at radius 1 is 1.03 bits per heavy atom. The van der Waals surface area contributed by atoms with E-state index in [0.29, 0.717) is 24.7 Å². The third kappa shape index (κ3) is 7.38. The number of nitrogens with one attached hydrogen (secondary N) is 2. The van der Waals surface area contributed by atoms with Gasteiger partial charge in [0.2, 0.25) is 17.7 Å². The molecule has 1 aliphatic rings. The van der Waals surface area contributed by atoms with Crippen molar-refractivity contribution in [3.8, 4) is 0 Å². The zero-order valence-electron chi connectivity index (χ0n) is 20.9. The minimum Gasteiger partial charge on any atom is -0.352 e. The first-order valence-corrected chi connectivity index (χ1v) is 12.6. The molecule has 2 amide bonds. The van der Waals surface area contributed by atoms with E-state index in [2.05, 4.69) is 63.8 Å². The van der Waals surface area contributed by atoms with E-state index < -0.39 is 5.54 Å². The van der Waals surface area contributed by atoms with E-state index in [9.17, 15) is 9.59 Å².